The van der Waals surface area contributed by atoms with E-state index in [-0.39, 0.29) is 36.4 Å². The molecule has 0 aromatic rings. The fourth-order valence-corrected chi connectivity index (χ4v) is 5.13. The molecule has 0 aromatic heterocycles. The van der Waals surface area contributed by atoms with Crippen molar-refractivity contribution in [3.63, 3.8) is 0 Å². The van der Waals surface area contributed by atoms with E-state index in [4.69, 9.17) is 13.7 Å². The van der Waals surface area contributed by atoms with Gasteiger partial charge in [0.1, 0.15) is 0 Å². The molecule has 0 amide bonds. The first-order valence-corrected chi connectivity index (χ1v) is 8.80. The maximum absolute atomic E-state index is 11.2. The number of carbonyl (C=O) groups is 2. The Balaban J connectivity index is 2.32. The minimum atomic E-state index is -3.02. The van der Waals surface area contributed by atoms with Crippen LogP contribution in [0, 0.1) is 22.7 Å². The van der Waals surface area contributed by atoms with Crippen molar-refractivity contribution in [2.45, 2.75) is 46.6 Å². The molecule has 5 atom stereocenters. The Morgan fingerprint density at radius 3 is 2.17 bits per heavy atom. The van der Waals surface area contributed by atoms with Crippen LogP contribution in [0.3, 0.4) is 0 Å². The first-order chi connectivity index (χ1) is 10.6. The number of carbonyl (C=O) groups excluding carboxylic acids is 2. The number of thiol groups is 1. The van der Waals surface area contributed by atoms with Crippen LogP contribution < -0.4 is 0 Å². The molecule has 2 rings (SSSR count). The largest absolute Gasteiger partial charge is 0.465 e. The van der Waals surface area contributed by atoms with Gasteiger partial charge in [-0.3, -0.25) is 13.8 Å². The average molecular weight is 348 g/mol. The van der Waals surface area contributed by atoms with Crippen molar-refractivity contribution >= 4 is 22.9 Å². The third kappa shape index (κ3) is 3.24. The normalized spacial score (nSPS) is 38.7. The van der Waals surface area contributed by atoms with Gasteiger partial charge in [-0.15, -0.1) is 0 Å². The quantitative estimate of drug-likeness (QED) is 0.567. The minimum Gasteiger partial charge on any atom is -0.465 e. The summed E-state index contributed by atoms with van der Waals surface area (Å²) in [5, 5.41) is 0. The number of fused-ring (bicyclic) bond motifs is 2. The van der Waals surface area contributed by atoms with Gasteiger partial charge >= 0.3 is 11.9 Å². The smallest absolute Gasteiger partial charge is 0.302 e. The molecule has 8 heteroatoms. The van der Waals surface area contributed by atoms with Gasteiger partial charge in [0.05, 0.1) is 19.3 Å². The van der Waals surface area contributed by atoms with Crippen molar-refractivity contribution in [2.75, 3.05) is 13.2 Å². The number of ether oxygens (including phenoxy) is 2. The van der Waals surface area contributed by atoms with Crippen molar-refractivity contribution in [3.8, 4) is 0 Å². The molecular formula is C15H24O7S. The Kier molecular flexibility index (Phi) is 5.06. The molecule has 0 radical (unpaired) electrons. The highest BCUT2D eigenvalue weighted by Crippen LogP contribution is 2.67. The lowest BCUT2D eigenvalue weighted by molar-refractivity contribution is -0.151. The summed E-state index contributed by atoms with van der Waals surface area (Å²) >= 11 is 0. The van der Waals surface area contributed by atoms with E-state index in [1.54, 1.807) is 0 Å². The van der Waals surface area contributed by atoms with E-state index >= 15 is 0 Å². The second-order valence-corrected chi connectivity index (χ2v) is 7.63. The Morgan fingerprint density at radius 1 is 1.09 bits per heavy atom. The highest BCUT2D eigenvalue weighted by atomic mass is 32.2. The van der Waals surface area contributed by atoms with Crippen LogP contribution in [0.5, 0.6) is 0 Å². The lowest BCUT2D eigenvalue weighted by Crippen LogP contribution is -2.47. The molecular weight excluding hydrogens is 324 g/mol. The van der Waals surface area contributed by atoms with Gasteiger partial charge in [0, 0.05) is 24.7 Å². The SMILES string of the molecule is CC(=O)OCC12CC(C)C(COC(C)=O)(C1)C(O[SH](=O)=O)C2C. The lowest BCUT2D eigenvalue weighted by atomic mass is 9.68. The molecule has 132 valence electrons. The molecule has 0 saturated heterocycles. The van der Waals surface area contributed by atoms with Gasteiger partial charge in [-0.05, 0) is 24.7 Å². The summed E-state index contributed by atoms with van der Waals surface area (Å²) in [4.78, 5) is 22.4. The van der Waals surface area contributed by atoms with E-state index in [1.807, 2.05) is 13.8 Å². The summed E-state index contributed by atoms with van der Waals surface area (Å²) in [5.41, 5.74) is -0.915. The summed E-state index contributed by atoms with van der Waals surface area (Å²) in [6, 6.07) is 0. The molecule has 0 N–H and O–H groups in total. The molecule has 2 aliphatic rings. The van der Waals surface area contributed by atoms with Crippen molar-refractivity contribution in [1.82, 2.24) is 0 Å². The van der Waals surface area contributed by atoms with Gasteiger partial charge in [0.2, 0.25) is 0 Å². The zero-order chi connectivity index (χ0) is 17.4. The lowest BCUT2D eigenvalue weighted by Gasteiger charge is -2.42. The number of hydrogen-bond donors (Lipinski definition) is 1. The molecule has 0 spiro atoms. The first kappa shape index (κ1) is 18.2. The zero-order valence-electron chi connectivity index (χ0n) is 13.9. The van der Waals surface area contributed by atoms with E-state index in [0.29, 0.717) is 6.42 Å². The molecule has 0 heterocycles. The van der Waals surface area contributed by atoms with Crippen molar-refractivity contribution in [1.29, 1.82) is 0 Å². The standard InChI is InChI=1S/C15H24O7S/c1-9-5-14(7-20-11(3)16)6-15(9,8-21-12(4)17)13(10(14)2)22-23(18)19/h9-10,13,23H,5-8H2,1-4H3. The van der Waals surface area contributed by atoms with Crippen LogP contribution in [0.15, 0.2) is 0 Å². The molecule has 2 fully saturated rings. The van der Waals surface area contributed by atoms with Crippen LogP contribution in [-0.2, 0) is 34.2 Å². The summed E-state index contributed by atoms with van der Waals surface area (Å²) in [6.45, 7) is 6.93. The first-order valence-electron chi connectivity index (χ1n) is 7.71. The summed E-state index contributed by atoms with van der Waals surface area (Å²) in [5.74, 6) is -0.806. The Hall–Kier alpha value is -1.15. The van der Waals surface area contributed by atoms with Crippen LogP contribution in [0.2, 0.25) is 0 Å². The van der Waals surface area contributed by atoms with Crippen LogP contribution in [0.1, 0.15) is 40.5 Å². The van der Waals surface area contributed by atoms with Crippen molar-refractivity contribution in [3.05, 3.63) is 0 Å². The number of esters is 2. The monoisotopic (exact) mass is 348 g/mol. The second-order valence-electron chi connectivity index (χ2n) is 6.98. The van der Waals surface area contributed by atoms with E-state index in [0.717, 1.165) is 6.42 Å². The average Bonchev–Trinajstić information content (AvgIpc) is 2.84. The predicted octanol–water partition coefficient (Wildman–Crippen LogP) is 1.08. The van der Waals surface area contributed by atoms with Gasteiger partial charge in [0.25, 0.3) is 11.0 Å². The Labute approximate surface area is 137 Å². The molecule has 23 heavy (non-hydrogen) atoms. The fourth-order valence-electron chi connectivity index (χ4n) is 4.55. The maximum atomic E-state index is 11.2. The Bertz CT molecular complexity index is 564. The number of hydrogen-bond acceptors (Lipinski definition) is 7. The van der Waals surface area contributed by atoms with Crippen molar-refractivity contribution < 1.29 is 31.7 Å². The van der Waals surface area contributed by atoms with Gasteiger partial charge < -0.3 is 9.47 Å². The highest BCUT2D eigenvalue weighted by molar-refractivity contribution is 7.67. The maximum Gasteiger partial charge on any atom is 0.302 e. The van der Waals surface area contributed by atoms with E-state index in [1.165, 1.54) is 13.8 Å². The zero-order valence-corrected chi connectivity index (χ0v) is 14.8. The van der Waals surface area contributed by atoms with Gasteiger partial charge in [-0.25, -0.2) is 8.42 Å². The van der Waals surface area contributed by atoms with Crippen molar-refractivity contribution in [2.24, 2.45) is 22.7 Å². The fraction of sp³-hybridized carbons (Fsp3) is 0.867. The Morgan fingerprint density at radius 2 is 1.65 bits per heavy atom. The summed E-state index contributed by atoms with van der Waals surface area (Å²) < 4.78 is 38.0. The summed E-state index contributed by atoms with van der Waals surface area (Å²) in [6.07, 6.45) is 0.803. The third-order valence-electron chi connectivity index (χ3n) is 5.67. The molecule has 2 saturated carbocycles. The van der Waals surface area contributed by atoms with E-state index < -0.39 is 28.5 Å². The van der Waals surface area contributed by atoms with Gasteiger partial charge in [-0.1, -0.05) is 13.8 Å². The topological polar surface area (TPSA) is 96.0 Å². The van der Waals surface area contributed by atoms with Crippen LogP contribution >= 0.6 is 0 Å². The molecule has 7 nitrogen and oxygen atoms in total. The molecule has 0 aromatic carbocycles. The van der Waals surface area contributed by atoms with E-state index in [2.05, 4.69) is 0 Å². The number of rotatable bonds is 6. The van der Waals surface area contributed by atoms with Gasteiger partial charge in [-0.2, -0.15) is 0 Å². The molecule has 2 aliphatic carbocycles. The van der Waals surface area contributed by atoms with Gasteiger partial charge in [0.15, 0.2) is 0 Å². The van der Waals surface area contributed by atoms with E-state index in [9.17, 15) is 18.0 Å². The van der Waals surface area contributed by atoms with Crippen LogP contribution in [0.4, 0.5) is 0 Å². The summed E-state index contributed by atoms with van der Waals surface area (Å²) in [7, 11) is -3.02. The van der Waals surface area contributed by atoms with Crippen LogP contribution in [-0.4, -0.2) is 39.7 Å². The minimum absolute atomic E-state index is 0.0913. The molecule has 5 unspecified atom stereocenters. The highest BCUT2D eigenvalue weighted by Gasteiger charge is 2.69. The molecule has 0 aliphatic heterocycles. The predicted molar refractivity (Wildman–Crippen MR) is 80.9 cm³/mol. The third-order valence-corrected chi connectivity index (χ3v) is 6.07. The van der Waals surface area contributed by atoms with Crippen LogP contribution in [0.25, 0.3) is 0 Å². The second kappa shape index (κ2) is 6.39. The molecule has 2 bridgehead atoms.